The van der Waals surface area contributed by atoms with Gasteiger partial charge in [-0.05, 0) is 42.0 Å². The topological polar surface area (TPSA) is 45.4 Å². The van der Waals surface area contributed by atoms with E-state index in [2.05, 4.69) is 6.07 Å². The van der Waals surface area contributed by atoms with Gasteiger partial charge < -0.3 is 14.6 Å². The van der Waals surface area contributed by atoms with E-state index in [-0.39, 0.29) is 0 Å². The van der Waals surface area contributed by atoms with Gasteiger partial charge in [0.1, 0.15) is 0 Å². The van der Waals surface area contributed by atoms with E-state index in [1.165, 1.54) is 0 Å². The third-order valence-electron chi connectivity index (χ3n) is 3.42. The minimum absolute atomic E-state index is 0.537. The molecule has 4 heteroatoms. The molecule has 0 bridgehead atoms. The van der Waals surface area contributed by atoms with Gasteiger partial charge in [0.25, 0.3) is 0 Å². The zero-order chi connectivity index (χ0) is 13.4. The van der Waals surface area contributed by atoms with Gasteiger partial charge >= 0.3 is 7.12 Å². The number of benzene rings is 2. The Morgan fingerprint density at radius 3 is 2.58 bits per heavy atom. The highest BCUT2D eigenvalue weighted by molar-refractivity contribution is 6.59. The number of rotatable bonds is 2. The minimum atomic E-state index is -1.44. The van der Waals surface area contributed by atoms with Crippen molar-refractivity contribution in [2.75, 3.05) is 0 Å². The molecule has 3 aromatic rings. The Kier molecular flexibility index (Phi) is 2.89. The van der Waals surface area contributed by atoms with Gasteiger partial charge in [-0.1, -0.05) is 29.8 Å². The number of fused-ring (bicyclic) bond motifs is 1. The van der Waals surface area contributed by atoms with Crippen molar-refractivity contribution in [1.82, 2.24) is 4.57 Å². The highest BCUT2D eigenvalue weighted by Crippen LogP contribution is 2.19. The largest absolute Gasteiger partial charge is 0.488 e. The van der Waals surface area contributed by atoms with Crippen molar-refractivity contribution in [2.24, 2.45) is 0 Å². The third kappa shape index (κ3) is 2.05. The molecule has 0 unspecified atom stereocenters. The lowest BCUT2D eigenvalue weighted by atomic mass is 9.77. The van der Waals surface area contributed by atoms with Crippen LogP contribution in [0.2, 0.25) is 0 Å². The van der Waals surface area contributed by atoms with E-state index in [0.29, 0.717) is 5.46 Å². The van der Waals surface area contributed by atoms with Crippen LogP contribution in [0, 0.1) is 6.92 Å². The summed E-state index contributed by atoms with van der Waals surface area (Å²) in [4.78, 5) is 0. The molecule has 1 heterocycles. The van der Waals surface area contributed by atoms with Gasteiger partial charge in [-0.2, -0.15) is 0 Å². The van der Waals surface area contributed by atoms with Gasteiger partial charge in [0.05, 0.1) is 5.52 Å². The molecule has 0 spiro atoms. The fourth-order valence-electron chi connectivity index (χ4n) is 2.36. The maximum absolute atomic E-state index is 9.39. The second kappa shape index (κ2) is 4.57. The second-order valence-electron chi connectivity index (χ2n) is 4.66. The van der Waals surface area contributed by atoms with Crippen molar-refractivity contribution in [1.29, 1.82) is 0 Å². The molecule has 3 nitrogen and oxygen atoms in total. The molecule has 0 amide bonds. The molecule has 0 aliphatic carbocycles. The fraction of sp³-hybridized carbons (Fsp3) is 0.0667. The second-order valence-corrected chi connectivity index (χ2v) is 4.66. The summed E-state index contributed by atoms with van der Waals surface area (Å²) in [6.07, 6.45) is 1.99. The van der Waals surface area contributed by atoms with Crippen molar-refractivity contribution in [3.63, 3.8) is 0 Å². The molecule has 0 radical (unpaired) electrons. The van der Waals surface area contributed by atoms with Crippen LogP contribution in [0.5, 0.6) is 0 Å². The van der Waals surface area contributed by atoms with Crippen molar-refractivity contribution < 1.29 is 10.0 Å². The molecule has 0 saturated carbocycles. The lowest BCUT2D eigenvalue weighted by molar-refractivity contribution is 0.425. The van der Waals surface area contributed by atoms with Crippen LogP contribution in [0.4, 0.5) is 0 Å². The molecule has 19 heavy (non-hydrogen) atoms. The number of hydrogen-bond acceptors (Lipinski definition) is 2. The van der Waals surface area contributed by atoms with Crippen molar-refractivity contribution in [3.8, 4) is 5.69 Å². The highest BCUT2D eigenvalue weighted by Gasteiger charge is 2.15. The average Bonchev–Trinajstić information content (AvgIpc) is 2.83. The summed E-state index contributed by atoms with van der Waals surface area (Å²) in [6, 6.07) is 15.8. The maximum atomic E-state index is 9.39. The summed E-state index contributed by atoms with van der Waals surface area (Å²) in [5.41, 5.74) is 3.44. The Balaban J connectivity index is 2.19. The molecule has 1 aromatic heterocycles. The van der Waals surface area contributed by atoms with Gasteiger partial charge in [-0.25, -0.2) is 0 Å². The summed E-state index contributed by atoms with van der Waals surface area (Å²) in [6.45, 7) is 1.87. The first-order chi connectivity index (χ1) is 9.16. The lowest BCUT2D eigenvalue weighted by Crippen LogP contribution is -2.32. The van der Waals surface area contributed by atoms with Crippen LogP contribution in [0.15, 0.2) is 54.7 Å². The Morgan fingerprint density at radius 2 is 1.79 bits per heavy atom. The quantitative estimate of drug-likeness (QED) is 0.680. The fourth-order valence-corrected chi connectivity index (χ4v) is 2.36. The third-order valence-corrected chi connectivity index (χ3v) is 3.42. The first kappa shape index (κ1) is 12.0. The highest BCUT2D eigenvalue weighted by atomic mass is 16.4. The van der Waals surface area contributed by atoms with E-state index in [0.717, 1.165) is 22.2 Å². The van der Waals surface area contributed by atoms with Crippen LogP contribution >= 0.6 is 0 Å². The molecular weight excluding hydrogens is 237 g/mol. The number of aromatic nitrogens is 1. The van der Waals surface area contributed by atoms with Crippen LogP contribution in [-0.2, 0) is 0 Å². The van der Waals surface area contributed by atoms with Gasteiger partial charge in [-0.15, -0.1) is 0 Å². The molecule has 3 rings (SSSR count). The van der Waals surface area contributed by atoms with E-state index in [1.54, 1.807) is 0 Å². The summed E-state index contributed by atoms with van der Waals surface area (Å²) < 4.78 is 2.04. The molecule has 0 fully saturated rings. The Bertz CT molecular complexity index is 734. The van der Waals surface area contributed by atoms with Crippen LogP contribution in [0.25, 0.3) is 16.6 Å². The molecular formula is C15H14BNO2. The van der Waals surface area contributed by atoms with Gasteiger partial charge in [0.2, 0.25) is 0 Å². The summed E-state index contributed by atoms with van der Waals surface area (Å²) in [5.74, 6) is 0. The first-order valence-corrected chi connectivity index (χ1v) is 6.20. The summed E-state index contributed by atoms with van der Waals surface area (Å²) in [5, 5.41) is 19.9. The number of hydrogen-bond donors (Lipinski definition) is 2. The van der Waals surface area contributed by atoms with Crippen LogP contribution in [-0.4, -0.2) is 21.7 Å². The van der Waals surface area contributed by atoms with Crippen molar-refractivity contribution in [2.45, 2.75) is 6.92 Å². The zero-order valence-electron chi connectivity index (χ0n) is 10.6. The van der Waals surface area contributed by atoms with Crippen molar-refractivity contribution >= 4 is 23.5 Å². The van der Waals surface area contributed by atoms with Gasteiger partial charge in [0.15, 0.2) is 0 Å². The average molecular weight is 251 g/mol. The van der Waals surface area contributed by atoms with E-state index < -0.39 is 7.12 Å². The Labute approximate surface area is 111 Å². The molecule has 2 aromatic carbocycles. The van der Waals surface area contributed by atoms with Crippen LogP contribution in [0.1, 0.15) is 5.56 Å². The predicted octanol–water partition coefficient (Wildman–Crippen LogP) is 1.62. The van der Waals surface area contributed by atoms with Crippen LogP contribution in [0.3, 0.4) is 0 Å². The van der Waals surface area contributed by atoms with E-state index in [1.807, 2.05) is 60.2 Å². The van der Waals surface area contributed by atoms with Gasteiger partial charge in [-0.3, -0.25) is 0 Å². The summed E-state index contributed by atoms with van der Waals surface area (Å²) in [7, 11) is -1.44. The number of para-hydroxylation sites is 1. The number of aryl methyl sites for hydroxylation is 1. The molecule has 94 valence electrons. The maximum Gasteiger partial charge on any atom is 0.488 e. The molecule has 0 saturated heterocycles. The van der Waals surface area contributed by atoms with E-state index in [4.69, 9.17) is 0 Å². The van der Waals surface area contributed by atoms with Crippen LogP contribution < -0.4 is 5.46 Å². The Hall–Kier alpha value is -2.04. The SMILES string of the molecule is Cc1ccc(-n2ccc3ccccc32)cc1B(O)O. The standard InChI is InChI=1S/C15H14BNO2/c1-11-6-7-13(10-14(11)16(18)19)17-9-8-12-4-2-3-5-15(12)17/h2-10,18-19H,1H3. The lowest BCUT2D eigenvalue weighted by Gasteiger charge is -2.10. The molecule has 0 aliphatic rings. The predicted molar refractivity (Wildman–Crippen MR) is 77.8 cm³/mol. The molecule has 2 N–H and O–H groups in total. The van der Waals surface area contributed by atoms with E-state index >= 15 is 0 Å². The van der Waals surface area contributed by atoms with Gasteiger partial charge in [0, 0.05) is 11.9 Å². The minimum Gasteiger partial charge on any atom is -0.423 e. The zero-order valence-corrected chi connectivity index (χ0v) is 10.6. The summed E-state index contributed by atoms with van der Waals surface area (Å²) >= 11 is 0. The first-order valence-electron chi connectivity index (χ1n) is 6.20. The smallest absolute Gasteiger partial charge is 0.423 e. The number of nitrogens with zero attached hydrogens (tertiary/aromatic N) is 1. The van der Waals surface area contributed by atoms with E-state index in [9.17, 15) is 10.0 Å². The molecule has 0 aliphatic heterocycles. The normalized spacial score (nSPS) is 10.9. The molecule has 0 atom stereocenters. The van der Waals surface area contributed by atoms with Crippen molar-refractivity contribution in [3.05, 3.63) is 60.3 Å². The Morgan fingerprint density at radius 1 is 1.00 bits per heavy atom. The monoisotopic (exact) mass is 251 g/mol.